The third kappa shape index (κ3) is 1.95. The van der Waals surface area contributed by atoms with Crippen LogP contribution in [0.5, 0.6) is 0 Å². The van der Waals surface area contributed by atoms with E-state index in [2.05, 4.69) is 20.9 Å². The van der Waals surface area contributed by atoms with Crippen LogP contribution in [0.25, 0.3) is 0 Å². The monoisotopic (exact) mass is 245 g/mol. The molecule has 0 heterocycles. The lowest BCUT2D eigenvalue weighted by atomic mass is 10.2. The minimum atomic E-state index is 0.578. The third-order valence-electron chi connectivity index (χ3n) is 1.38. The Labute approximate surface area is 83.4 Å². The second kappa shape index (κ2) is 3.85. The molecule has 12 heavy (non-hydrogen) atoms. The average molecular weight is 246 g/mol. The first kappa shape index (κ1) is 9.46. The van der Waals surface area contributed by atoms with Crippen LogP contribution in [0.4, 0.5) is 5.69 Å². The number of benzene rings is 1. The highest BCUT2D eigenvalue weighted by molar-refractivity contribution is 9.10. The fraction of sp³-hybridized carbons (Fsp3) is 0.125. The second-order valence-electron chi connectivity index (χ2n) is 2.26. The molecule has 0 aliphatic carbocycles. The van der Waals surface area contributed by atoms with Gasteiger partial charge in [0.2, 0.25) is 6.08 Å². The molecule has 0 aliphatic rings. The van der Waals surface area contributed by atoms with Gasteiger partial charge >= 0.3 is 0 Å². The van der Waals surface area contributed by atoms with Crippen molar-refractivity contribution in [2.75, 3.05) is 0 Å². The van der Waals surface area contributed by atoms with E-state index in [0.29, 0.717) is 15.2 Å². The van der Waals surface area contributed by atoms with Crippen LogP contribution < -0.4 is 0 Å². The Hall–Kier alpha value is -0.630. The zero-order valence-electron chi connectivity index (χ0n) is 6.27. The summed E-state index contributed by atoms with van der Waals surface area (Å²) in [7, 11) is 0. The minimum absolute atomic E-state index is 0.578. The number of hydrogen-bond acceptors (Lipinski definition) is 2. The lowest BCUT2D eigenvalue weighted by Crippen LogP contribution is -1.76. The molecule has 0 N–H and O–H groups in total. The number of isocyanates is 1. The van der Waals surface area contributed by atoms with Crippen LogP contribution in [0.2, 0.25) is 5.02 Å². The largest absolute Gasteiger partial charge is 0.240 e. The second-order valence-corrected chi connectivity index (χ2v) is 3.55. The molecular formula is C8H5BrClNO. The normalized spacial score (nSPS) is 9.25. The van der Waals surface area contributed by atoms with Crippen molar-refractivity contribution in [2.24, 2.45) is 4.99 Å². The summed E-state index contributed by atoms with van der Waals surface area (Å²) < 4.78 is 0.704. The molecule has 0 unspecified atom stereocenters. The van der Waals surface area contributed by atoms with Crippen molar-refractivity contribution in [1.29, 1.82) is 0 Å². The maximum atomic E-state index is 10.0. The molecule has 0 atom stereocenters. The van der Waals surface area contributed by atoms with Crippen molar-refractivity contribution in [1.82, 2.24) is 0 Å². The molecule has 0 saturated heterocycles. The number of halogens is 2. The van der Waals surface area contributed by atoms with Gasteiger partial charge in [-0.05, 0) is 40.5 Å². The number of nitrogens with zero attached hydrogens (tertiary/aromatic N) is 1. The molecule has 0 amide bonds. The summed E-state index contributed by atoms with van der Waals surface area (Å²) in [5, 5.41) is 0.615. The molecular weight excluding hydrogens is 241 g/mol. The first-order valence-electron chi connectivity index (χ1n) is 3.18. The van der Waals surface area contributed by atoms with Crippen LogP contribution in [0, 0.1) is 6.92 Å². The fourth-order valence-corrected chi connectivity index (χ4v) is 1.93. The van der Waals surface area contributed by atoms with E-state index in [1.807, 2.05) is 6.92 Å². The van der Waals surface area contributed by atoms with Crippen molar-refractivity contribution in [2.45, 2.75) is 6.92 Å². The molecule has 0 saturated carbocycles. The molecule has 0 aliphatic heterocycles. The minimum Gasteiger partial charge on any atom is -0.211 e. The average Bonchev–Trinajstić information content (AvgIpc) is 1.96. The summed E-state index contributed by atoms with van der Waals surface area (Å²) in [4.78, 5) is 13.6. The summed E-state index contributed by atoms with van der Waals surface area (Å²) >= 11 is 8.99. The Morgan fingerprint density at radius 3 is 2.75 bits per heavy atom. The molecule has 4 heteroatoms. The number of aryl methyl sites for hydroxylation is 1. The van der Waals surface area contributed by atoms with E-state index in [-0.39, 0.29) is 0 Å². The van der Waals surface area contributed by atoms with Gasteiger partial charge in [-0.3, -0.25) is 0 Å². The smallest absolute Gasteiger partial charge is 0.211 e. The highest BCUT2D eigenvalue weighted by Gasteiger charge is 2.03. The topological polar surface area (TPSA) is 29.4 Å². The van der Waals surface area contributed by atoms with E-state index >= 15 is 0 Å². The number of aliphatic imine (C=N–C) groups is 1. The van der Waals surface area contributed by atoms with Gasteiger partial charge in [0.25, 0.3) is 0 Å². The molecule has 1 aromatic carbocycles. The summed E-state index contributed by atoms with van der Waals surface area (Å²) in [6.45, 7) is 1.83. The summed E-state index contributed by atoms with van der Waals surface area (Å²) in [5.74, 6) is 0. The quantitative estimate of drug-likeness (QED) is 0.552. The first-order valence-corrected chi connectivity index (χ1v) is 4.35. The molecule has 0 fully saturated rings. The predicted molar refractivity (Wildman–Crippen MR) is 51.7 cm³/mol. The molecule has 0 spiro atoms. The van der Waals surface area contributed by atoms with Crippen molar-refractivity contribution in [3.63, 3.8) is 0 Å². The van der Waals surface area contributed by atoms with Gasteiger partial charge in [-0.1, -0.05) is 11.6 Å². The third-order valence-corrected chi connectivity index (χ3v) is 2.20. The molecule has 0 bridgehead atoms. The molecule has 2 nitrogen and oxygen atoms in total. The van der Waals surface area contributed by atoms with Crippen molar-refractivity contribution in [3.8, 4) is 0 Å². The Bertz CT molecular complexity index is 335. The van der Waals surface area contributed by atoms with Gasteiger partial charge in [-0.15, -0.1) is 0 Å². The molecule has 62 valence electrons. The van der Waals surface area contributed by atoms with Crippen LogP contribution in [-0.2, 0) is 4.79 Å². The summed E-state index contributed by atoms with van der Waals surface area (Å²) in [6, 6.07) is 3.42. The zero-order valence-corrected chi connectivity index (χ0v) is 8.61. The maximum Gasteiger partial charge on any atom is 0.240 e. The highest BCUT2D eigenvalue weighted by atomic mass is 79.9. The van der Waals surface area contributed by atoms with E-state index in [1.165, 1.54) is 6.08 Å². The Morgan fingerprint density at radius 2 is 2.25 bits per heavy atom. The van der Waals surface area contributed by atoms with Gasteiger partial charge in [-0.25, -0.2) is 4.79 Å². The van der Waals surface area contributed by atoms with Gasteiger partial charge in [0.15, 0.2) is 0 Å². The summed E-state index contributed by atoms with van der Waals surface area (Å²) in [6.07, 6.45) is 1.49. The van der Waals surface area contributed by atoms with Gasteiger partial charge in [-0.2, -0.15) is 4.99 Å². The molecule has 1 aromatic rings. The van der Waals surface area contributed by atoms with Crippen molar-refractivity contribution in [3.05, 3.63) is 27.2 Å². The first-order chi connectivity index (χ1) is 5.65. The van der Waals surface area contributed by atoms with Gasteiger partial charge in [0, 0.05) is 9.50 Å². The van der Waals surface area contributed by atoms with E-state index in [4.69, 9.17) is 11.6 Å². The molecule has 0 aromatic heterocycles. The van der Waals surface area contributed by atoms with Gasteiger partial charge < -0.3 is 0 Å². The lowest BCUT2D eigenvalue weighted by molar-refractivity contribution is 0.565. The number of hydrogen-bond donors (Lipinski definition) is 0. The Balaban J connectivity index is 3.37. The SMILES string of the molecule is Cc1cc(Cl)cc(Br)c1N=C=O. The van der Waals surface area contributed by atoms with Gasteiger partial charge in [0.1, 0.15) is 0 Å². The fourth-order valence-electron chi connectivity index (χ4n) is 0.882. The van der Waals surface area contributed by atoms with Crippen LogP contribution >= 0.6 is 27.5 Å². The van der Waals surface area contributed by atoms with E-state index in [0.717, 1.165) is 5.56 Å². The van der Waals surface area contributed by atoms with Crippen molar-refractivity contribution < 1.29 is 4.79 Å². The zero-order chi connectivity index (χ0) is 9.14. The van der Waals surface area contributed by atoms with Crippen LogP contribution in [0.1, 0.15) is 5.56 Å². The standard InChI is InChI=1S/C8H5BrClNO/c1-5-2-6(10)3-7(9)8(5)11-4-12/h2-3H,1H3. The van der Waals surface area contributed by atoms with Crippen LogP contribution in [0.15, 0.2) is 21.6 Å². The van der Waals surface area contributed by atoms with E-state index in [1.54, 1.807) is 12.1 Å². The Morgan fingerprint density at radius 1 is 1.58 bits per heavy atom. The highest BCUT2D eigenvalue weighted by Crippen LogP contribution is 2.31. The van der Waals surface area contributed by atoms with E-state index in [9.17, 15) is 4.79 Å². The Kier molecular flexibility index (Phi) is 3.04. The lowest BCUT2D eigenvalue weighted by Gasteiger charge is -2.01. The van der Waals surface area contributed by atoms with Gasteiger partial charge in [0.05, 0.1) is 5.69 Å². The molecule has 0 radical (unpaired) electrons. The number of rotatable bonds is 1. The maximum absolute atomic E-state index is 10.0. The summed E-state index contributed by atoms with van der Waals surface area (Å²) in [5.41, 5.74) is 1.42. The predicted octanol–water partition coefficient (Wildman–Crippen LogP) is 3.38. The van der Waals surface area contributed by atoms with E-state index < -0.39 is 0 Å². The van der Waals surface area contributed by atoms with Crippen LogP contribution in [-0.4, -0.2) is 6.08 Å². The number of carbonyl (C=O) groups excluding carboxylic acids is 1. The van der Waals surface area contributed by atoms with Crippen LogP contribution in [0.3, 0.4) is 0 Å². The molecule has 1 rings (SSSR count). The van der Waals surface area contributed by atoms with Crippen molar-refractivity contribution >= 4 is 39.3 Å².